The highest BCUT2D eigenvalue weighted by Gasteiger charge is 2.28. The number of aromatic nitrogens is 1. The van der Waals surface area contributed by atoms with Crippen LogP contribution in [0, 0.1) is 23.7 Å². The molecular weight excluding hydrogens is 210 g/mol. The lowest BCUT2D eigenvalue weighted by Gasteiger charge is -2.39. The molecule has 1 fully saturated rings. The zero-order chi connectivity index (χ0) is 12.5. The van der Waals surface area contributed by atoms with Gasteiger partial charge in [-0.05, 0) is 36.8 Å². The van der Waals surface area contributed by atoms with Crippen LogP contribution in [0.2, 0.25) is 0 Å². The zero-order valence-electron chi connectivity index (χ0n) is 10.8. The van der Waals surface area contributed by atoms with Crippen molar-refractivity contribution >= 4 is 5.82 Å². The molecule has 0 unspecified atom stereocenters. The van der Waals surface area contributed by atoms with Gasteiger partial charge in [0, 0.05) is 19.3 Å². The smallest absolute Gasteiger partial charge is 0.146 e. The Morgan fingerprint density at radius 2 is 2.24 bits per heavy atom. The number of aryl methyl sites for hydroxylation is 1. The normalized spacial score (nSPS) is 18.8. The van der Waals surface area contributed by atoms with E-state index in [0.29, 0.717) is 5.41 Å². The molecule has 0 amide bonds. The van der Waals surface area contributed by atoms with E-state index in [1.165, 1.54) is 12.8 Å². The van der Waals surface area contributed by atoms with E-state index in [4.69, 9.17) is 0 Å². The van der Waals surface area contributed by atoms with Gasteiger partial charge >= 0.3 is 0 Å². The summed E-state index contributed by atoms with van der Waals surface area (Å²) >= 11 is 0. The molecule has 2 rings (SSSR count). The number of rotatable bonds is 1. The van der Waals surface area contributed by atoms with Crippen molar-refractivity contribution in [1.82, 2.24) is 4.98 Å². The number of nitriles is 1. The first-order valence-corrected chi connectivity index (χ1v) is 6.14. The second kappa shape index (κ2) is 4.37. The first kappa shape index (κ1) is 11.9. The third kappa shape index (κ3) is 2.41. The molecule has 1 saturated heterocycles. The molecule has 2 heterocycles. The third-order valence-electron chi connectivity index (χ3n) is 3.45. The molecule has 1 aliphatic heterocycles. The summed E-state index contributed by atoms with van der Waals surface area (Å²) in [6.45, 7) is 8.52. The highest BCUT2D eigenvalue weighted by atomic mass is 15.2. The summed E-state index contributed by atoms with van der Waals surface area (Å²) < 4.78 is 0. The Hall–Kier alpha value is -1.56. The van der Waals surface area contributed by atoms with Crippen LogP contribution in [0.1, 0.15) is 37.8 Å². The molecule has 0 atom stereocenters. The van der Waals surface area contributed by atoms with Gasteiger partial charge in [-0.3, -0.25) is 0 Å². The fourth-order valence-electron chi connectivity index (χ4n) is 2.53. The summed E-state index contributed by atoms with van der Waals surface area (Å²) in [5.74, 6) is 0.861. The molecule has 0 bridgehead atoms. The average Bonchev–Trinajstić information content (AvgIpc) is 2.27. The molecule has 3 nitrogen and oxygen atoms in total. The highest BCUT2D eigenvalue weighted by molar-refractivity contribution is 5.57. The van der Waals surface area contributed by atoms with Crippen molar-refractivity contribution in [3.05, 3.63) is 23.4 Å². The first-order chi connectivity index (χ1) is 8.03. The van der Waals surface area contributed by atoms with Crippen LogP contribution < -0.4 is 4.90 Å². The van der Waals surface area contributed by atoms with E-state index in [2.05, 4.69) is 29.8 Å². The van der Waals surface area contributed by atoms with Gasteiger partial charge in [0.05, 0.1) is 5.56 Å². The monoisotopic (exact) mass is 229 g/mol. The van der Waals surface area contributed by atoms with E-state index < -0.39 is 0 Å². The largest absolute Gasteiger partial charge is 0.355 e. The predicted molar refractivity (Wildman–Crippen MR) is 68.9 cm³/mol. The number of anilines is 1. The van der Waals surface area contributed by atoms with Crippen LogP contribution in [0.15, 0.2) is 12.3 Å². The molecule has 0 radical (unpaired) electrons. The summed E-state index contributed by atoms with van der Waals surface area (Å²) in [7, 11) is 0. The minimum atomic E-state index is 0.316. The van der Waals surface area contributed by atoms with E-state index in [1.807, 2.05) is 13.0 Å². The Morgan fingerprint density at radius 1 is 1.47 bits per heavy atom. The number of nitrogens with zero attached hydrogens (tertiary/aromatic N) is 3. The van der Waals surface area contributed by atoms with Crippen LogP contribution in [-0.2, 0) is 0 Å². The molecule has 0 N–H and O–H groups in total. The summed E-state index contributed by atoms with van der Waals surface area (Å²) in [6.07, 6.45) is 4.22. The van der Waals surface area contributed by atoms with Crippen molar-refractivity contribution in [2.24, 2.45) is 5.41 Å². The summed E-state index contributed by atoms with van der Waals surface area (Å²) in [6, 6.07) is 4.18. The van der Waals surface area contributed by atoms with E-state index in [0.717, 1.165) is 30.0 Å². The van der Waals surface area contributed by atoms with Crippen LogP contribution in [0.3, 0.4) is 0 Å². The second-order valence-corrected chi connectivity index (χ2v) is 5.63. The molecule has 1 aromatic rings. The molecule has 1 aliphatic rings. The van der Waals surface area contributed by atoms with Gasteiger partial charge < -0.3 is 4.90 Å². The molecular formula is C14H19N3. The van der Waals surface area contributed by atoms with Crippen LogP contribution >= 0.6 is 0 Å². The van der Waals surface area contributed by atoms with Crippen molar-refractivity contribution in [3.63, 3.8) is 0 Å². The Morgan fingerprint density at radius 3 is 2.88 bits per heavy atom. The maximum absolute atomic E-state index is 9.24. The Bertz CT molecular complexity index is 457. The molecule has 90 valence electrons. The van der Waals surface area contributed by atoms with Gasteiger partial charge in [-0.1, -0.05) is 13.8 Å². The van der Waals surface area contributed by atoms with Gasteiger partial charge in [-0.25, -0.2) is 4.98 Å². The Labute approximate surface area is 103 Å². The first-order valence-electron chi connectivity index (χ1n) is 6.14. The minimum absolute atomic E-state index is 0.316. The highest BCUT2D eigenvalue weighted by Crippen LogP contribution is 2.32. The van der Waals surface area contributed by atoms with Crippen molar-refractivity contribution in [2.45, 2.75) is 33.6 Å². The van der Waals surface area contributed by atoms with Crippen LogP contribution in [0.25, 0.3) is 0 Å². The predicted octanol–water partition coefficient (Wildman–Crippen LogP) is 2.89. The summed E-state index contributed by atoms with van der Waals surface area (Å²) in [5.41, 5.74) is 2.06. The molecule has 0 spiro atoms. The fourth-order valence-corrected chi connectivity index (χ4v) is 2.53. The van der Waals surface area contributed by atoms with Crippen LogP contribution in [0.4, 0.5) is 5.82 Å². The Balaban J connectivity index is 2.35. The molecule has 1 aromatic heterocycles. The lowest BCUT2D eigenvalue weighted by molar-refractivity contribution is 0.292. The molecule has 3 heteroatoms. The van der Waals surface area contributed by atoms with Crippen molar-refractivity contribution < 1.29 is 0 Å². The number of piperidine rings is 1. The van der Waals surface area contributed by atoms with Gasteiger partial charge in [0.1, 0.15) is 11.9 Å². The SMILES string of the molecule is Cc1ccnc(N2CCCC(C)(C)C2)c1C#N. The molecule has 0 aliphatic carbocycles. The van der Waals surface area contributed by atoms with Crippen molar-refractivity contribution in [1.29, 1.82) is 5.26 Å². The average molecular weight is 229 g/mol. The molecule has 0 saturated carbocycles. The topological polar surface area (TPSA) is 39.9 Å². The quantitative estimate of drug-likeness (QED) is 0.743. The number of hydrogen-bond donors (Lipinski definition) is 0. The maximum atomic E-state index is 9.24. The third-order valence-corrected chi connectivity index (χ3v) is 3.45. The van der Waals surface area contributed by atoms with Crippen LogP contribution in [0.5, 0.6) is 0 Å². The van der Waals surface area contributed by atoms with Crippen LogP contribution in [-0.4, -0.2) is 18.1 Å². The van der Waals surface area contributed by atoms with Gasteiger partial charge in [0.2, 0.25) is 0 Å². The number of hydrogen-bond acceptors (Lipinski definition) is 3. The maximum Gasteiger partial charge on any atom is 0.146 e. The Kier molecular flexibility index (Phi) is 3.06. The summed E-state index contributed by atoms with van der Waals surface area (Å²) in [4.78, 5) is 6.66. The second-order valence-electron chi connectivity index (χ2n) is 5.63. The lowest BCUT2D eigenvalue weighted by atomic mass is 9.84. The van der Waals surface area contributed by atoms with E-state index in [1.54, 1.807) is 6.20 Å². The van der Waals surface area contributed by atoms with Crippen molar-refractivity contribution in [3.8, 4) is 6.07 Å². The fraction of sp³-hybridized carbons (Fsp3) is 0.571. The zero-order valence-corrected chi connectivity index (χ0v) is 10.8. The van der Waals surface area contributed by atoms with Gasteiger partial charge in [-0.15, -0.1) is 0 Å². The van der Waals surface area contributed by atoms with Gasteiger partial charge in [-0.2, -0.15) is 5.26 Å². The number of pyridine rings is 1. The molecule has 0 aromatic carbocycles. The van der Waals surface area contributed by atoms with Crippen molar-refractivity contribution in [2.75, 3.05) is 18.0 Å². The molecule has 17 heavy (non-hydrogen) atoms. The van der Waals surface area contributed by atoms with Gasteiger partial charge in [0.25, 0.3) is 0 Å². The minimum Gasteiger partial charge on any atom is -0.355 e. The van der Waals surface area contributed by atoms with E-state index >= 15 is 0 Å². The van der Waals surface area contributed by atoms with E-state index in [9.17, 15) is 5.26 Å². The lowest BCUT2D eigenvalue weighted by Crippen LogP contribution is -2.41. The van der Waals surface area contributed by atoms with E-state index in [-0.39, 0.29) is 0 Å². The summed E-state index contributed by atoms with van der Waals surface area (Å²) in [5, 5.41) is 9.24. The standard InChI is InChI=1S/C14H19N3/c1-11-5-7-16-13(12(11)9-15)17-8-4-6-14(2,3)10-17/h5,7H,4,6,8,10H2,1-3H3. The van der Waals surface area contributed by atoms with Gasteiger partial charge in [0.15, 0.2) is 0 Å².